The molecule has 0 saturated heterocycles. The first-order valence-corrected chi connectivity index (χ1v) is 9.76. The van der Waals surface area contributed by atoms with Crippen LogP contribution in [0.4, 0.5) is 10.2 Å². The third-order valence-electron chi connectivity index (χ3n) is 5.56. The molecule has 8 nitrogen and oxygen atoms in total. The summed E-state index contributed by atoms with van der Waals surface area (Å²) in [5.41, 5.74) is 3.24. The van der Waals surface area contributed by atoms with E-state index in [2.05, 4.69) is 16.0 Å². The molecule has 0 aliphatic carbocycles. The molecular weight excluding hydrogens is 389 g/mol. The molecule has 5 rings (SSSR count). The Balaban J connectivity index is 1.28. The van der Waals surface area contributed by atoms with Crippen molar-refractivity contribution in [3.8, 4) is 17.3 Å². The number of ether oxygens (including phenoxy) is 1. The highest BCUT2D eigenvalue weighted by molar-refractivity contribution is 5.59. The molecule has 4 heterocycles. The molecule has 0 N–H and O–H groups in total. The number of imidazole rings is 1. The Morgan fingerprint density at radius 3 is 2.93 bits per heavy atom. The Labute approximate surface area is 172 Å². The molecular formula is C21H20FN5O3. The first kappa shape index (κ1) is 18.7. The molecule has 0 radical (unpaired) electrons. The third-order valence-corrected chi connectivity index (χ3v) is 5.56. The first-order chi connectivity index (χ1) is 14.4. The zero-order valence-electron chi connectivity index (χ0n) is 16.4. The number of hydrogen-bond donors (Lipinski definition) is 0. The van der Waals surface area contributed by atoms with Gasteiger partial charge < -0.3 is 14.9 Å². The maximum absolute atomic E-state index is 13.5. The van der Waals surface area contributed by atoms with E-state index in [9.17, 15) is 14.5 Å². The number of rotatable bonds is 4. The molecule has 1 atom stereocenters. The molecule has 2 aromatic heterocycles. The summed E-state index contributed by atoms with van der Waals surface area (Å²) in [6, 6.07) is 10.8. The Bertz CT molecular complexity index is 1120. The lowest BCUT2D eigenvalue weighted by molar-refractivity contribution is -0.389. The molecule has 0 fully saturated rings. The van der Waals surface area contributed by atoms with Crippen molar-refractivity contribution < 1.29 is 14.1 Å². The van der Waals surface area contributed by atoms with Crippen molar-refractivity contribution in [2.24, 2.45) is 0 Å². The van der Waals surface area contributed by atoms with E-state index in [0.717, 1.165) is 42.0 Å². The number of benzene rings is 1. The van der Waals surface area contributed by atoms with E-state index < -0.39 is 10.5 Å². The van der Waals surface area contributed by atoms with Crippen LogP contribution >= 0.6 is 0 Å². The number of nitro groups is 1. The maximum atomic E-state index is 13.5. The first-order valence-electron chi connectivity index (χ1n) is 9.76. The second kappa shape index (κ2) is 6.88. The van der Waals surface area contributed by atoms with Gasteiger partial charge in [0.05, 0.1) is 12.2 Å². The molecule has 2 aliphatic rings. The van der Waals surface area contributed by atoms with Crippen LogP contribution in [0.2, 0.25) is 0 Å². The van der Waals surface area contributed by atoms with Gasteiger partial charge in [0.15, 0.2) is 0 Å². The fraction of sp³-hybridized carbons (Fsp3) is 0.333. The van der Waals surface area contributed by atoms with Crippen molar-refractivity contribution >= 4 is 5.82 Å². The summed E-state index contributed by atoms with van der Waals surface area (Å²) < 4.78 is 21.2. The van der Waals surface area contributed by atoms with Crippen molar-refractivity contribution in [1.29, 1.82) is 0 Å². The normalized spacial score (nSPS) is 20.5. The van der Waals surface area contributed by atoms with Gasteiger partial charge in [-0.2, -0.15) is 0 Å². The highest BCUT2D eigenvalue weighted by Crippen LogP contribution is 2.32. The standard InChI is InChI=1S/C21H20FN5O3/c1-21(13-26-11-19(27(28)29)24-20(26)30-21)12-25-8-7-18-15(10-25)5-6-17(23-18)14-3-2-4-16(22)9-14/h2-6,9,11H,7-8,10,12-13H2,1H3. The molecule has 30 heavy (non-hydrogen) atoms. The van der Waals surface area contributed by atoms with Crippen LogP contribution < -0.4 is 4.74 Å². The van der Waals surface area contributed by atoms with Crippen LogP contribution in [0.5, 0.6) is 6.01 Å². The van der Waals surface area contributed by atoms with Gasteiger partial charge in [0.2, 0.25) is 0 Å². The predicted octanol–water partition coefficient (Wildman–Crippen LogP) is 3.20. The molecule has 3 aromatic rings. The predicted molar refractivity (Wildman–Crippen MR) is 107 cm³/mol. The van der Waals surface area contributed by atoms with Gasteiger partial charge in [-0.3, -0.25) is 14.5 Å². The molecule has 1 aromatic carbocycles. The van der Waals surface area contributed by atoms with Crippen LogP contribution in [0.3, 0.4) is 0 Å². The summed E-state index contributed by atoms with van der Waals surface area (Å²) in [4.78, 5) is 21.4. The number of nitrogens with zero attached hydrogens (tertiary/aromatic N) is 5. The number of hydrogen-bond acceptors (Lipinski definition) is 6. The summed E-state index contributed by atoms with van der Waals surface area (Å²) in [6.07, 6.45) is 2.22. The van der Waals surface area contributed by atoms with Crippen LogP contribution in [0.15, 0.2) is 42.6 Å². The van der Waals surface area contributed by atoms with Crippen LogP contribution in [0, 0.1) is 15.9 Å². The lowest BCUT2D eigenvalue weighted by Gasteiger charge is -2.34. The van der Waals surface area contributed by atoms with E-state index in [-0.39, 0.29) is 11.6 Å². The van der Waals surface area contributed by atoms with Crippen LogP contribution in [-0.2, 0) is 19.5 Å². The van der Waals surface area contributed by atoms with E-state index in [4.69, 9.17) is 9.72 Å². The highest BCUT2D eigenvalue weighted by atomic mass is 19.1. The summed E-state index contributed by atoms with van der Waals surface area (Å²) in [6.45, 7) is 4.76. The van der Waals surface area contributed by atoms with E-state index in [1.165, 1.54) is 18.3 Å². The Hall–Kier alpha value is -3.33. The Kier molecular flexibility index (Phi) is 4.28. The van der Waals surface area contributed by atoms with E-state index in [1.54, 1.807) is 10.6 Å². The van der Waals surface area contributed by atoms with Crippen molar-refractivity contribution in [3.63, 3.8) is 0 Å². The minimum atomic E-state index is -0.515. The largest absolute Gasteiger partial charge is 0.436 e. The number of halogens is 1. The van der Waals surface area contributed by atoms with E-state index in [0.29, 0.717) is 19.1 Å². The molecule has 2 aliphatic heterocycles. The molecule has 0 saturated carbocycles. The molecule has 0 bridgehead atoms. The summed E-state index contributed by atoms with van der Waals surface area (Å²) in [7, 11) is 0. The van der Waals surface area contributed by atoms with Gasteiger partial charge >= 0.3 is 11.8 Å². The van der Waals surface area contributed by atoms with Gasteiger partial charge in [0, 0.05) is 42.3 Å². The van der Waals surface area contributed by atoms with E-state index in [1.807, 2.05) is 19.1 Å². The van der Waals surface area contributed by atoms with Gasteiger partial charge in [-0.15, -0.1) is 0 Å². The molecule has 1 unspecified atom stereocenters. The van der Waals surface area contributed by atoms with Crippen LogP contribution in [0.1, 0.15) is 18.2 Å². The minimum Gasteiger partial charge on any atom is -0.436 e. The Morgan fingerprint density at radius 2 is 2.17 bits per heavy atom. The fourth-order valence-corrected chi connectivity index (χ4v) is 4.25. The average Bonchev–Trinajstić information content (AvgIpc) is 3.22. The topological polar surface area (TPSA) is 86.3 Å². The van der Waals surface area contributed by atoms with Gasteiger partial charge in [0.1, 0.15) is 17.6 Å². The van der Waals surface area contributed by atoms with Gasteiger partial charge in [-0.25, -0.2) is 4.39 Å². The monoisotopic (exact) mass is 409 g/mol. The van der Waals surface area contributed by atoms with E-state index >= 15 is 0 Å². The molecule has 0 amide bonds. The fourth-order valence-electron chi connectivity index (χ4n) is 4.25. The number of aromatic nitrogens is 3. The molecule has 154 valence electrons. The second-order valence-electron chi connectivity index (χ2n) is 8.09. The molecule has 9 heteroatoms. The van der Waals surface area contributed by atoms with Gasteiger partial charge in [-0.05, 0) is 35.6 Å². The lowest BCUT2D eigenvalue weighted by atomic mass is 10.0. The summed E-state index contributed by atoms with van der Waals surface area (Å²) >= 11 is 0. The summed E-state index contributed by atoms with van der Waals surface area (Å²) in [5.74, 6) is -0.465. The van der Waals surface area contributed by atoms with Gasteiger partial charge in [0.25, 0.3) is 0 Å². The zero-order valence-corrected chi connectivity index (χ0v) is 16.4. The number of pyridine rings is 1. The lowest BCUT2D eigenvalue weighted by Crippen LogP contribution is -2.46. The van der Waals surface area contributed by atoms with Crippen molar-refractivity contribution in [1.82, 2.24) is 19.4 Å². The van der Waals surface area contributed by atoms with Crippen LogP contribution in [0.25, 0.3) is 11.3 Å². The second-order valence-corrected chi connectivity index (χ2v) is 8.09. The highest BCUT2D eigenvalue weighted by Gasteiger charge is 2.41. The van der Waals surface area contributed by atoms with Gasteiger partial charge in [-0.1, -0.05) is 18.2 Å². The van der Waals surface area contributed by atoms with Crippen molar-refractivity contribution in [3.05, 3.63) is 69.8 Å². The smallest absolute Gasteiger partial charge is 0.415 e. The maximum Gasteiger partial charge on any atom is 0.415 e. The zero-order chi connectivity index (χ0) is 20.9. The average molecular weight is 409 g/mol. The SMILES string of the molecule is CC1(CN2CCc3nc(-c4cccc(F)c4)ccc3C2)Cn2cc([N+](=O)[O-])nc2O1. The minimum absolute atomic E-state index is 0.195. The van der Waals surface area contributed by atoms with Crippen molar-refractivity contribution in [2.45, 2.75) is 32.0 Å². The summed E-state index contributed by atoms with van der Waals surface area (Å²) in [5, 5.41) is 10.9. The van der Waals surface area contributed by atoms with Crippen LogP contribution in [-0.4, -0.2) is 43.0 Å². The third kappa shape index (κ3) is 3.41. The Morgan fingerprint density at radius 1 is 1.30 bits per heavy atom. The quantitative estimate of drug-likeness (QED) is 0.486. The molecule has 0 spiro atoms. The van der Waals surface area contributed by atoms with Crippen molar-refractivity contribution in [2.75, 3.05) is 13.1 Å². The number of fused-ring (bicyclic) bond motifs is 2.